The molecule has 0 aliphatic rings. The number of hydrogen-bond donors (Lipinski definition) is 1. The Bertz CT molecular complexity index is 248. The normalized spacial score (nSPS) is 12.2. The summed E-state index contributed by atoms with van der Waals surface area (Å²) >= 11 is 0. The van der Waals surface area contributed by atoms with Crippen LogP contribution in [0.15, 0.2) is 0 Å². The Balaban J connectivity index is 4.42. The van der Waals surface area contributed by atoms with Gasteiger partial charge in [0.05, 0.1) is 26.4 Å². The quantitative estimate of drug-likeness (QED) is 0.370. The zero-order valence-electron chi connectivity index (χ0n) is 13.1. The molecule has 0 aromatic heterocycles. The number of rotatable bonds is 14. The Hall–Kier alpha value is 0.460. The van der Waals surface area contributed by atoms with E-state index in [4.69, 9.17) is 18.1 Å². The van der Waals surface area contributed by atoms with Crippen LogP contribution in [0.2, 0.25) is 0 Å². The average molecular weight is 329 g/mol. The van der Waals surface area contributed by atoms with E-state index in [1.165, 1.54) is 0 Å². The summed E-state index contributed by atoms with van der Waals surface area (Å²) in [7, 11) is -4.80. The lowest BCUT2D eigenvalue weighted by atomic mass is 10.4. The molecular weight excluding hydrogens is 300 g/mol. The molecule has 0 heterocycles. The van der Waals surface area contributed by atoms with Gasteiger partial charge >= 0.3 is 7.75 Å². The molecule has 0 aliphatic carbocycles. The van der Waals surface area contributed by atoms with Gasteiger partial charge in [0.2, 0.25) is 0 Å². The van der Waals surface area contributed by atoms with E-state index >= 15 is 0 Å². The predicted octanol–water partition coefficient (Wildman–Crippen LogP) is 4.62. The summed E-state index contributed by atoms with van der Waals surface area (Å²) in [5.74, 6) is 0. The Labute approximate surface area is 124 Å². The molecular formula is C12H29NO5P2. The number of nitrogens with one attached hydrogen (secondary N) is 1. The van der Waals surface area contributed by atoms with Crippen LogP contribution in [0.5, 0.6) is 0 Å². The van der Waals surface area contributed by atoms with E-state index in [0.29, 0.717) is 26.4 Å². The summed E-state index contributed by atoms with van der Waals surface area (Å²) in [6.45, 7) is 9.45. The van der Waals surface area contributed by atoms with Crippen molar-refractivity contribution in [2.24, 2.45) is 0 Å². The van der Waals surface area contributed by atoms with Crippen molar-refractivity contribution in [3.63, 3.8) is 0 Å². The molecule has 20 heavy (non-hydrogen) atoms. The molecule has 8 heteroatoms. The van der Waals surface area contributed by atoms with Crippen LogP contribution >= 0.6 is 16.3 Å². The Kier molecular flexibility index (Phi) is 13.4. The van der Waals surface area contributed by atoms with Gasteiger partial charge in [-0.15, -0.1) is 0 Å². The lowest BCUT2D eigenvalue weighted by Crippen LogP contribution is -2.13. The second-order valence-corrected chi connectivity index (χ2v) is 7.41. The van der Waals surface area contributed by atoms with E-state index in [2.05, 4.69) is 18.7 Å². The maximum Gasteiger partial charge on any atom is 0.412 e. The van der Waals surface area contributed by atoms with Gasteiger partial charge in [-0.25, -0.2) is 4.57 Å². The molecule has 0 bridgehead atoms. The van der Waals surface area contributed by atoms with Gasteiger partial charge in [-0.2, -0.15) is 4.86 Å². The highest BCUT2D eigenvalue weighted by atomic mass is 31.2. The highest BCUT2D eigenvalue weighted by Gasteiger charge is 2.29. The fraction of sp³-hybridized carbons (Fsp3) is 1.00. The molecule has 0 rings (SSSR count). The molecule has 0 aliphatic heterocycles. The zero-order chi connectivity index (χ0) is 15.3. The van der Waals surface area contributed by atoms with Gasteiger partial charge in [-0.3, -0.25) is 9.05 Å². The summed E-state index contributed by atoms with van der Waals surface area (Å²) in [4.78, 5) is 2.78. The van der Waals surface area contributed by atoms with Crippen molar-refractivity contribution in [3.8, 4) is 0 Å². The van der Waals surface area contributed by atoms with Crippen LogP contribution in [0.25, 0.3) is 0 Å². The van der Waals surface area contributed by atoms with Gasteiger partial charge < -0.3 is 9.05 Å². The van der Waals surface area contributed by atoms with E-state index in [-0.39, 0.29) is 0 Å². The van der Waals surface area contributed by atoms with Crippen molar-refractivity contribution in [2.75, 3.05) is 26.4 Å². The smallest absolute Gasteiger partial charge is 0.322 e. The summed E-state index contributed by atoms with van der Waals surface area (Å²) in [6, 6.07) is 0. The molecule has 1 N–H and O–H groups in total. The zero-order valence-corrected chi connectivity index (χ0v) is 14.9. The van der Waals surface area contributed by atoms with Crippen LogP contribution in [0, 0.1) is 0 Å². The van der Waals surface area contributed by atoms with Gasteiger partial charge in [0, 0.05) is 0 Å². The fourth-order valence-electron chi connectivity index (χ4n) is 1.21. The van der Waals surface area contributed by atoms with Crippen LogP contribution in [-0.2, 0) is 22.7 Å². The minimum atomic E-state index is -3.34. The lowest BCUT2D eigenvalue weighted by Gasteiger charge is -2.23. The Morgan fingerprint density at radius 2 is 1.35 bits per heavy atom. The molecule has 0 spiro atoms. The molecule has 0 amide bonds. The maximum atomic E-state index is 12.4. The van der Waals surface area contributed by atoms with E-state index in [1.807, 2.05) is 0 Å². The SMILES string of the molecule is CCCCOP(NP(=O)(OCC)OCC)OCCCC. The van der Waals surface area contributed by atoms with Crippen molar-refractivity contribution >= 4 is 16.3 Å². The molecule has 6 nitrogen and oxygen atoms in total. The minimum Gasteiger partial charge on any atom is -0.322 e. The van der Waals surface area contributed by atoms with Crippen LogP contribution in [-0.4, -0.2) is 26.4 Å². The molecule has 122 valence electrons. The van der Waals surface area contributed by atoms with Gasteiger partial charge in [0.1, 0.15) is 0 Å². The van der Waals surface area contributed by atoms with E-state index in [9.17, 15) is 4.57 Å². The van der Waals surface area contributed by atoms with E-state index in [1.54, 1.807) is 13.8 Å². The first kappa shape index (κ1) is 20.5. The Morgan fingerprint density at radius 3 is 1.70 bits per heavy atom. The minimum absolute atomic E-state index is 0.303. The van der Waals surface area contributed by atoms with Crippen LogP contribution in [0.1, 0.15) is 53.4 Å². The van der Waals surface area contributed by atoms with Crippen molar-refractivity contribution in [3.05, 3.63) is 0 Å². The van der Waals surface area contributed by atoms with Crippen molar-refractivity contribution in [1.29, 1.82) is 0 Å². The molecule has 0 atom stereocenters. The summed E-state index contributed by atoms with van der Waals surface area (Å²) in [6.07, 6.45) is 3.94. The second kappa shape index (κ2) is 13.1. The van der Waals surface area contributed by atoms with Crippen molar-refractivity contribution < 1.29 is 22.7 Å². The third kappa shape index (κ3) is 10.2. The molecule has 0 saturated heterocycles. The Morgan fingerprint density at radius 1 is 0.900 bits per heavy atom. The number of unbranched alkanes of at least 4 members (excludes halogenated alkanes) is 2. The van der Waals surface area contributed by atoms with Gasteiger partial charge in [0.15, 0.2) is 0 Å². The summed E-state index contributed by atoms with van der Waals surface area (Å²) in [5, 5.41) is 0. The van der Waals surface area contributed by atoms with Crippen LogP contribution in [0.3, 0.4) is 0 Å². The fourth-order valence-corrected chi connectivity index (χ4v) is 4.36. The maximum absolute atomic E-state index is 12.4. The van der Waals surface area contributed by atoms with Gasteiger partial charge in [0.25, 0.3) is 8.53 Å². The van der Waals surface area contributed by atoms with Crippen LogP contribution in [0.4, 0.5) is 0 Å². The summed E-state index contributed by atoms with van der Waals surface area (Å²) in [5.41, 5.74) is 0. The molecule has 0 fully saturated rings. The van der Waals surface area contributed by atoms with Gasteiger partial charge in [-0.05, 0) is 26.7 Å². The molecule has 0 radical (unpaired) electrons. The highest BCUT2D eigenvalue weighted by Crippen LogP contribution is 2.53. The monoisotopic (exact) mass is 329 g/mol. The molecule has 0 saturated carbocycles. The highest BCUT2D eigenvalue weighted by molar-refractivity contribution is 7.64. The molecule has 0 unspecified atom stereocenters. The first-order chi connectivity index (χ1) is 9.61. The lowest BCUT2D eigenvalue weighted by molar-refractivity contribution is 0.205. The third-order valence-corrected chi connectivity index (χ3v) is 5.88. The standard InChI is InChI=1S/C12H29NO5P2/c1-5-9-11-15-19(16-12-10-6-2)13-20(14,17-7-3)18-8-4/h5-12H2,1-4H3,(H,13,14). The topological polar surface area (TPSA) is 66.0 Å². The largest absolute Gasteiger partial charge is 0.412 e. The van der Waals surface area contributed by atoms with E-state index in [0.717, 1.165) is 25.7 Å². The third-order valence-electron chi connectivity index (χ3n) is 2.22. The van der Waals surface area contributed by atoms with E-state index < -0.39 is 16.3 Å². The van der Waals surface area contributed by atoms with Crippen molar-refractivity contribution in [2.45, 2.75) is 53.4 Å². The predicted molar refractivity (Wildman–Crippen MR) is 82.6 cm³/mol. The molecule has 0 aromatic rings. The number of hydrogen-bond acceptors (Lipinski definition) is 5. The summed E-state index contributed by atoms with van der Waals surface area (Å²) < 4.78 is 34.0. The first-order valence-electron chi connectivity index (χ1n) is 7.34. The first-order valence-corrected chi connectivity index (χ1v) is 10.1. The van der Waals surface area contributed by atoms with Crippen LogP contribution < -0.4 is 4.86 Å². The van der Waals surface area contributed by atoms with Gasteiger partial charge in [-0.1, -0.05) is 26.7 Å². The molecule has 0 aromatic carbocycles. The second-order valence-electron chi connectivity index (χ2n) is 4.06. The average Bonchev–Trinajstić information content (AvgIpc) is 2.39. The van der Waals surface area contributed by atoms with Crippen molar-refractivity contribution in [1.82, 2.24) is 4.86 Å².